The van der Waals surface area contributed by atoms with E-state index in [9.17, 15) is 0 Å². The van der Waals surface area contributed by atoms with Crippen molar-refractivity contribution in [3.63, 3.8) is 0 Å². The van der Waals surface area contributed by atoms with Crippen molar-refractivity contribution >= 4 is 6.03 Å². The molecule has 3 nitrogen and oxygen atoms in total. The van der Waals surface area contributed by atoms with E-state index in [0.717, 1.165) is 0 Å². The van der Waals surface area contributed by atoms with E-state index in [1.165, 1.54) is 0 Å². The molecule has 4 N–H and O–H groups in total. The van der Waals surface area contributed by atoms with E-state index in [4.69, 9.17) is 4.79 Å². The minimum Gasteiger partial charge on any atom is -1.00 e. The van der Waals surface area contributed by atoms with Gasteiger partial charge in [0, 0.05) is 0 Å². The Hall–Kier alpha value is 1.24. The Labute approximate surface area is 90.0 Å². The summed E-state index contributed by atoms with van der Waals surface area (Å²) in [5.74, 6) is 0. The van der Waals surface area contributed by atoms with E-state index in [2.05, 4.69) is 11.5 Å². The molecule has 0 spiro atoms. The Morgan fingerprint density at radius 3 is 1.00 bits per heavy atom. The topological polar surface area (TPSA) is 69.1 Å². The van der Waals surface area contributed by atoms with Gasteiger partial charge in [-0.05, 0) is 0 Å². The first-order valence-electron chi connectivity index (χ1n) is 0.781. The first-order chi connectivity index (χ1) is 1.73. The summed E-state index contributed by atoms with van der Waals surface area (Å²) in [6, 6.07) is -0.833. The number of amides is 2. The Bertz CT molecular complexity index is 40.3. The van der Waals surface area contributed by atoms with Crippen molar-refractivity contribution in [3.8, 4) is 0 Å². The summed E-state index contributed by atoms with van der Waals surface area (Å²) >= 11 is 0. The molecule has 0 rings (SSSR count). The van der Waals surface area contributed by atoms with Crippen LogP contribution in [0.2, 0.25) is 0 Å². The molecule has 7 heteroatoms. The van der Waals surface area contributed by atoms with Gasteiger partial charge >= 0.3 is 23.4 Å². The van der Waals surface area contributed by atoms with Gasteiger partial charge in [-0.1, -0.05) is 0 Å². The van der Waals surface area contributed by atoms with Crippen molar-refractivity contribution in [1.82, 2.24) is 0 Å². The molecular formula is CH4Br3CrN2O. The van der Waals surface area contributed by atoms with Gasteiger partial charge in [0.15, 0.2) is 0 Å². The molecule has 0 atom stereocenters. The number of hydrogen-bond donors (Lipinski definition) is 2. The maximum absolute atomic E-state index is 9.00. The fourth-order valence-corrected chi connectivity index (χ4v) is 0. The maximum atomic E-state index is 9.00. The zero-order chi connectivity index (χ0) is 3.58. The molecule has 2 amide bonds. The molecule has 0 aromatic carbocycles. The molecule has 8 heavy (non-hydrogen) atoms. The van der Waals surface area contributed by atoms with Gasteiger partial charge in [-0.2, -0.15) is 0 Å². The third-order valence-corrected chi connectivity index (χ3v) is 0. The third-order valence-electron chi connectivity index (χ3n) is 0. The number of primary amides is 2. The predicted molar refractivity (Wildman–Crippen MR) is 13.8 cm³/mol. The van der Waals surface area contributed by atoms with Crippen molar-refractivity contribution < 1.29 is 73.1 Å². The van der Waals surface area contributed by atoms with Crippen LogP contribution in [-0.4, -0.2) is 6.03 Å². The quantitative estimate of drug-likeness (QED) is 0.447. The Morgan fingerprint density at radius 1 is 1.00 bits per heavy atom. The molecule has 0 fully saturated rings. The number of carbonyl (C=O) groups is 1. The standard InChI is InChI=1S/CH4N2O.3BrH.Cr/c2-1(3)4;;;;/h(H4,2,3,4);3*1H;/q;;;;+3/p-3. The minimum atomic E-state index is -0.833. The average Bonchev–Trinajstić information content (AvgIpc) is 0.811. The largest absolute Gasteiger partial charge is 3.00 e. The van der Waals surface area contributed by atoms with E-state index in [1.807, 2.05) is 0 Å². The summed E-state index contributed by atoms with van der Waals surface area (Å²) in [5, 5.41) is 0. The second-order valence-electron chi connectivity index (χ2n) is 0.402. The molecule has 0 aliphatic rings. The van der Waals surface area contributed by atoms with Crippen LogP contribution in [0.15, 0.2) is 0 Å². The van der Waals surface area contributed by atoms with Crippen LogP contribution in [0, 0.1) is 0 Å². The summed E-state index contributed by atoms with van der Waals surface area (Å²) in [4.78, 5) is 9.00. The summed E-state index contributed by atoms with van der Waals surface area (Å²) < 4.78 is 0. The van der Waals surface area contributed by atoms with Crippen LogP contribution < -0.4 is 62.4 Å². The zero-order valence-electron chi connectivity index (χ0n) is 3.61. The molecule has 0 saturated heterocycles. The average molecular weight is 352 g/mol. The molecule has 1 radical (unpaired) electrons. The summed E-state index contributed by atoms with van der Waals surface area (Å²) in [6.45, 7) is 0. The number of carbonyl (C=O) groups excluding carboxylic acids is 1. The zero-order valence-corrected chi connectivity index (χ0v) is 9.64. The molecule has 0 saturated carbocycles. The summed E-state index contributed by atoms with van der Waals surface area (Å²) in [7, 11) is 0. The monoisotopic (exact) mass is 349 g/mol. The molecular weight excluding hydrogens is 348 g/mol. The molecule has 0 aliphatic carbocycles. The second kappa shape index (κ2) is 24.0. The smallest absolute Gasteiger partial charge is 1.00 e. The molecule has 0 aliphatic heterocycles. The van der Waals surface area contributed by atoms with Gasteiger partial charge in [0.05, 0.1) is 0 Å². The van der Waals surface area contributed by atoms with E-state index < -0.39 is 6.03 Å². The molecule has 0 unspecified atom stereocenters. The third kappa shape index (κ3) is 183. The van der Waals surface area contributed by atoms with E-state index in [0.29, 0.717) is 0 Å². The fraction of sp³-hybridized carbons (Fsp3) is 0. The first-order valence-corrected chi connectivity index (χ1v) is 0.781. The van der Waals surface area contributed by atoms with E-state index >= 15 is 0 Å². The SMILES string of the molecule is NC(N)=O.[Br-].[Br-].[Br-].[Cr+3]. The van der Waals surface area contributed by atoms with Crippen LogP contribution in [0.1, 0.15) is 0 Å². The fourth-order valence-electron chi connectivity index (χ4n) is 0. The van der Waals surface area contributed by atoms with Gasteiger partial charge in [0.2, 0.25) is 0 Å². The van der Waals surface area contributed by atoms with Crippen LogP contribution in [0.3, 0.4) is 0 Å². The Kier molecular flexibility index (Phi) is 105. The molecule has 0 aromatic rings. The van der Waals surface area contributed by atoms with Crippen molar-refractivity contribution in [2.24, 2.45) is 11.5 Å². The van der Waals surface area contributed by atoms with Gasteiger partial charge in [-0.3, -0.25) is 0 Å². The number of rotatable bonds is 0. The second-order valence-corrected chi connectivity index (χ2v) is 0.402. The van der Waals surface area contributed by atoms with Crippen molar-refractivity contribution in [3.05, 3.63) is 0 Å². The number of hydrogen-bond acceptors (Lipinski definition) is 1. The van der Waals surface area contributed by atoms with Gasteiger partial charge in [0.25, 0.3) is 0 Å². The summed E-state index contributed by atoms with van der Waals surface area (Å²) in [5.41, 5.74) is 8.50. The normalized spacial score (nSPS) is 3.00. The molecule has 51 valence electrons. The van der Waals surface area contributed by atoms with E-state index in [-0.39, 0.29) is 68.3 Å². The van der Waals surface area contributed by atoms with Gasteiger partial charge in [-0.25, -0.2) is 4.79 Å². The minimum absolute atomic E-state index is 0. The Balaban J connectivity index is -0.00000000750. The molecule has 0 aromatic heterocycles. The maximum Gasteiger partial charge on any atom is 3.00 e. The molecule has 0 heterocycles. The summed E-state index contributed by atoms with van der Waals surface area (Å²) in [6.07, 6.45) is 0. The van der Waals surface area contributed by atoms with Gasteiger partial charge in [-0.15, -0.1) is 0 Å². The predicted octanol–water partition coefficient (Wildman–Crippen LogP) is -9.97. The number of nitrogens with two attached hydrogens (primary N) is 2. The molecule has 0 bridgehead atoms. The van der Waals surface area contributed by atoms with Crippen LogP contribution in [0.5, 0.6) is 0 Å². The van der Waals surface area contributed by atoms with Crippen LogP contribution in [-0.2, 0) is 17.4 Å². The van der Waals surface area contributed by atoms with Gasteiger partial charge < -0.3 is 62.4 Å². The van der Waals surface area contributed by atoms with E-state index in [1.54, 1.807) is 0 Å². The van der Waals surface area contributed by atoms with Crippen LogP contribution in [0.4, 0.5) is 4.79 Å². The first kappa shape index (κ1) is 34.9. The number of urea groups is 1. The van der Waals surface area contributed by atoms with Gasteiger partial charge in [0.1, 0.15) is 0 Å². The van der Waals surface area contributed by atoms with Crippen molar-refractivity contribution in [2.45, 2.75) is 0 Å². The van der Waals surface area contributed by atoms with Crippen molar-refractivity contribution in [2.75, 3.05) is 0 Å². The van der Waals surface area contributed by atoms with Crippen LogP contribution in [0.25, 0.3) is 0 Å². The van der Waals surface area contributed by atoms with Crippen LogP contribution >= 0.6 is 0 Å². The van der Waals surface area contributed by atoms with Crippen molar-refractivity contribution in [1.29, 1.82) is 0 Å². The Morgan fingerprint density at radius 2 is 1.00 bits per heavy atom. The number of halogens is 3.